The molecule has 0 bridgehead atoms. The Bertz CT molecular complexity index is 522. The molecule has 4 heteroatoms. The van der Waals surface area contributed by atoms with Crippen molar-refractivity contribution in [3.05, 3.63) is 28.3 Å². The predicted octanol–water partition coefficient (Wildman–Crippen LogP) is 4.15. The Balaban J connectivity index is 2.24. The zero-order chi connectivity index (χ0) is 15.4. The normalized spacial score (nSPS) is 15.4. The SMILES string of the molecule is COc1cc(C=C(CNC2CC2)C(C)C)cc(Cl)c1OC. The Morgan fingerprint density at radius 1 is 1.33 bits per heavy atom. The molecule has 0 aliphatic heterocycles. The van der Waals surface area contributed by atoms with E-state index >= 15 is 0 Å². The van der Waals surface area contributed by atoms with Gasteiger partial charge in [0.05, 0.1) is 19.2 Å². The molecule has 0 saturated heterocycles. The third-order valence-electron chi connectivity index (χ3n) is 3.72. The van der Waals surface area contributed by atoms with Crippen LogP contribution in [0.3, 0.4) is 0 Å². The van der Waals surface area contributed by atoms with Crippen LogP contribution in [0, 0.1) is 5.92 Å². The van der Waals surface area contributed by atoms with Crippen molar-refractivity contribution in [3.63, 3.8) is 0 Å². The molecule has 0 unspecified atom stereocenters. The average Bonchev–Trinajstić information content (AvgIpc) is 3.26. The third-order valence-corrected chi connectivity index (χ3v) is 4.00. The van der Waals surface area contributed by atoms with Gasteiger partial charge in [0.15, 0.2) is 11.5 Å². The highest BCUT2D eigenvalue weighted by molar-refractivity contribution is 6.32. The van der Waals surface area contributed by atoms with E-state index in [-0.39, 0.29) is 0 Å². The summed E-state index contributed by atoms with van der Waals surface area (Å²) >= 11 is 6.26. The van der Waals surface area contributed by atoms with Crippen molar-refractivity contribution < 1.29 is 9.47 Å². The largest absolute Gasteiger partial charge is 0.493 e. The molecule has 2 rings (SSSR count). The Labute approximate surface area is 132 Å². The molecule has 0 spiro atoms. The van der Waals surface area contributed by atoms with Crippen LogP contribution in [-0.2, 0) is 0 Å². The van der Waals surface area contributed by atoms with Crippen LogP contribution in [0.25, 0.3) is 6.08 Å². The Morgan fingerprint density at radius 2 is 2.05 bits per heavy atom. The maximum atomic E-state index is 6.26. The van der Waals surface area contributed by atoms with E-state index in [0.717, 1.165) is 12.1 Å². The standard InChI is InChI=1S/C17H24ClNO2/c1-11(2)13(10-19-14-5-6-14)7-12-8-15(18)17(21-4)16(9-12)20-3/h7-9,11,14,19H,5-6,10H2,1-4H3. The minimum absolute atomic E-state index is 0.489. The lowest BCUT2D eigenvalue weighted by Crippen LogP contribution is -2.21. The molecule has 1 aliphatic carbocycles. The fraction of sp³-hybridized carbons (Fsp3) is 0.529. The average molecular weight is 310 g/mol. The Morgan fingerprint density at radius 3 is 2.57 bits per heavy atom. The van der Waals surface area contributed by atoms with Crippen molar-refractivity contribution in [2.75, 3.05) is 20.8 Å². The molecule has 1 aliphatic rings. The smallest absolute Gasteiger partial charge is 0.179 e. The van der Waals surface area contributed by atoms with E-state index in [0.29, 0.717) is 28.5 Å². The first-order valence-corrected chi connectivity index (χ1v) is 7.78. The Hall–Kier alpha value is -1.19. The molecule has 3 nitrogen and oxygen atoms in total. The fourth-order valence-electron chi connectivity index (χ4n) is 2.21. The second-order valence-corrected chi connectivity index (χ2v) is 6.17. The Kier molecular flexibility index (Phi) is 5.54. The number of benzene rings is 1. The van der Waals surface area contributed by atoms with Gasteiger partial charge in [-0.2, -0.15) is 0 Å². The van der Waals surface area contributed by atoms with Crippen molar-refractivity contribution in [1.29, 1.82) is 0 Å². The molecule has 0 atom stereocenters. The number of methoxy groups -OCH3 is 2. The van der Waals surface area contributed by atoms with Gasteiger partial charge in [-0.1, -0.05) is 37.1 Å². The van der Waals surface area contributed by atoms with Gasteiger partial charge in [0.1, 0.15) is 0 Å². The van der Waals surface area contributed by atoms with Gasteiger partial charge in [-0.15, -0.1) is 0 Å². The van der Waals surface area contributed by atoms with Crippen LogP contribution in [0.1, 0.15) is 32.3 Å². The highest BCUT2D eigenvalue weighted by atomic mass is 35.5. The summed E-state index contributed by atoms with van der Waals surface area (Å²) in [4.78, 5) is 0. The van der Waals surface area contributed by atoms with Crippen LogP contribution in [0.4, 0.5) is 0 Å². The van der Waals surface area contributed by atoms with E-state index in [4.69, 9.17) is 21.1 Å². The quantitative estimate of drug-likeness (QED) is 0.821. The molecule has 0 amide bonds. The molecule has 0 heterocycles. The summed E-state index contributed by atoms with van der Waals surface area (Å²) in [5.41, 5.74) is 2.41. The molecule has 1 N–H and O–H groups in total. The van der Waals surface area contributed by atoms with Crippen LogP contribution in [-0.4, -0.2) is 26.8 Å². The second-order valence-electron chi connectivity index (χ2n) is 5.77. The van der Waals surface area contributed by atoms with Crippen molar-refractivity contribution in [3.8, 4) is 11.5 Å². The van der Waals surface area contributed by atoms with Crippen molar-refractivity contribution in [2.24, 2.45) is 5.92 Å². The molecule has 1 aromatic carbocycles. The van der Waals surface area contributed by atoms with Gasteiger partial charge >= 0.3 is 0 Å². The molecule has 1 fully saturated rings. The molecule has 116 valence electrons. The first-order valence-electron chi connectivity index (χ1n) is 7.40. The van der Waals surface area contributed by atoms with Crippen LogP contribution >= 0.6 is 11.6 Å². The van der Waals surface area contributed by atoms with Gasteiger partial charge in [-0.3, -0.25) is 0 Å². The highest BCUT2D eigenvalue weighted by Gasteiger charge is 2.21. The molecular formula is C17H24ClNO2. The summed E-state index contributed by atoms with van der Waals surface area (Å²) < 4.78 is 10.6. The van der Waals surface area contributed by atoms with Gasteiger partial charge in [0, 0.05) is 12.6 Å². The molecule has 0 aromatic heterocycles. The van der Waals surface area contributed by atoms with Gasteiger partial charge < -0.3 is 14.8 Å². The summed E-state index contributed by atoms with van der Waals surface area (Å²) in [7, 11) is 3.22. The topological polar surface area (TPSA) is 30.5 Å². The molecule has 0 radical (unpaired) electrons. The molecule has 21 heavy (non-hydrogen) atoms. The maximum absolute atomic E-state index is 6.26. The zero-order valence-corrected chi connectivity index (χ0v) is 14.0. The van der Waals surface area contributed by atoms with Gasteiger partial charge in [0.2, 0.25) is 0 Å². The monoisotopic (exact) mass is 309 g/mol. The first kappa shape index (κ1) is 16.2. The zero-order valence-electron chi connectivity index (χ0n) is 13.2. The number of rotatable bonds is 7. The lowest BCUT2D eigenvalue weighted by molar-refractivity contribution is 0.355. The van der Waals surface area contributed by atoms with E-state index in [1.807, 2.05) is 12.1 Å². The van der Waals surface area contributed by atoms with E-state index in [1.165, 1.54) is 18.4 Å². The lowest BCUT2D eigenvalue weighted by atomic mass is 10.00. The van der Waals surface area contributed by atoms with Gasteiger partial charge in [0.25, 0.3) is 0 Å². The third kappa shape index (κ3) is 4.39. The summed E-state index contributed by atoms with van der Waals surface area (Å²) in [6.07, 6.45) is 4.79. The number of nitrogens with one attached hydrogen (secondary N) is 1. The maximum Gasteiger partial charge on any atom is 0.179 e. The minimum atomic E-state index is 0.489. The van der Waals surface area contributed by atoms with E-state index < -0.39 is 0 Å². The number of halogens is 1. The molecule has 1 aromatic rings. The van der Waals surface area contributed by atoms with E-state index in [9.17, 15) is 0 Å². The summed E-state index contributed by atoms with van der Waals surface area (Å²) in [5.74, 6) is 1.73. The summed E-state index contributed by atoms with van der Waals surface area (Å²) in [5, 5.41) is 4.14. The first-order chi connectivity index (χ1) is 10.0. The van der Waals surface area contributed by atoms with Crippen molar-refractivity contribution >= 4 is 17.7 Å². The van der Waals surface area contributed by atoms with E-state index in [1.54, 1.807) is 14.2 Å². The number of ether oxygens (including phenoxy) is 2. The van der Waals surface area contributed by atoms with E-state index in [2.05, 4.69) is 25.2 Å². The number of hydrogen-bond donors (Lipinski definition) is 1. The van der Waals surface area contributed by atoms with Crippen molar-refractivity contribution in [1.82, 2.24) is 5.32 Å². The lowest BCUT2D eigenvalue weighted by Gasteiger charge is -2.14. The van der Waals surface area contributed by atoms with Crippen LogP contribution in [0.15, 0.2) is 17.7 Å². The second kappa shape index (κ2) is 7.19. The van der Waals surface area contributed by atoms with Crippen LogP contribution in [0.2, 0.25) is 5.02 Å². The van der Waals surface area contributed by atoms with Crippen LogP contribution in [0.5, 0.6) is 11.5 Å². The van der Waals surface area contributed by atoms with Crippen LogP contribution < -0.4 is 14.8 Å². The predicted molar refractivity (Wildman–Crippen MR) is 88.4 cm³/mol. The van der Waals surface area contributed by atoms with Gasteiger partial charge in [-0.05, 0) is 36.5 Å². The highest BCUT2D eigenvalue weighted by Crippen LogP contribution is 2.36. The summed E-state index contributed by atoms with van der Waals surface area (Å²) in [6.45, 7) is 5.35. The van der Waals surface area contributed by atoms with Crippen molar-refractivity contribution in [2.45, 2.75) is 32.7 Å². The minimum Gasteiger partial charge on any atom is -0.493 e. The fourth-order valence-corrected chi connectivity index (χ4v) is 2.50. The number of hydrogen-bond acceptors (Lipinski definition) is 3. The molecule has 1 saturated carbocycles. The summed E-state index contributed by atoms with van der Waals surface area (Å²) in [6, 6.07) is 4.59. The van der Waals surface area contributed by atoms with Gasteiger partial charge in [-0.25, -0.2) is 0 Å². The molecular weight excluding hydrogens is 286 g/mol.